The third-order valence-corrected chi connectivity index (χ3v) is 3.62. The summed E-state index contributed by atoms with van der Waals surface area (Å²) < 4.78 is 5.10. The van der Waals surface area contributed by atoms with Crippen LogP contribution in [0.2, 0.25) is 5.02 Å². The monoisotopic (exact) mass is 282 g/mol. The van der Waals surface area contributed by atoms with Crippen LogP contribution < -0.4 is 10.1 Å². The van der Waals surface area contributed by atoms with E-state index in [1.807, 2.05) is 17.9 Å². The Hall–Kier alpha value is -1.42. The molecule has 0 spiro atoms. The predicted molar refractivity (Wildman–Crippen MR) is 76.9 cm³/mol. The van der Waals surface area contributed by atoms with Crippen molar-refractivity contribution in [1.29, 1.82) is 0 Å². The van der Waals surface area contributed by atoms with Gasteiger partial charge in [0.25, 0.3) is 0 Å². The number of carbonyl (C=O) groups is 1. The Labute approximate surface area is 118 Å². The van der Waals surface area contributed by atoms with Crippen LogP contribution in [-0.4, -0.2) is 37.0 Å². The number of amides is 1. The van der Waals surface area contributed by atoms with Crippen molar-refractivity contribution >= 4 is 23.2 Å². The largest absolute Gasteiger partial charge is 0.495 e. The number of likely N-dealkylation sites (tertiary alicyclic amines) is 1. The number of anilines is 1. The van der Waals surface area contributed by atoms with E-state index in [2.05, 4.69) is 5.32 Å². The number of carbonyl (C=O) groups excluding carboxylic acids is 1. The lowest BCUT2D eigenvalue weighted by Crippen LogP contribution is -2.39. The molecule has 104 valence electrons. The molecule has 1 aromatic carbocycles. The third-order valence-electron chi connectivity index (χ3n) is 3.32. The first-order chi connectivity index (χ1) is 9.11. The maximum atomic E-state index is 12.2. The molecule has 0 saturated carbocycles. The lowest BCUT2D eigenvalue weighted by atomic mass is 10.2. The summed E-state index contributed by atoms with van der Waals surface area (Å²) >= 11 is 6.06. The number of ether oxygens (including phenoxy) is 1. The fourth-order valence-electron chi connectivity index (χ4n) is 2.28. The molecule has 0 aliphatic carbocycles. The summed E-state index contributed by atoms with van der Waals surface area (Å²) in [6.45, 7) is 3.61. The molecular weight excluding hydrogens is 264 g/mol. The van der Waals surface area contributed by atoms with E-state index in [9.17, 15) is 4.79 Å². The Kier molecular flexibility index (Phi) is 4.53. The number of nitrogens with zero attached hydrogens (tertiary/aromatic N) is 1. The predicted octanol–water partition coefficient (Wildman–Crippen LogP) is 2.77. The standard InChI is InChI=1S/C14H19ClN2O2/c1-10(14(18)17-7-3-4-8-17)16-11-5-6-13(19-2)12(15)9-11/h5-6,9-10,16H,3-4,7-8H2,1-2H3. The molecule has 1 fully saturated rings. The summed E-state index contributed by atoms with van der Waals surface area (Å²) in [4.78, 5) is 14.1. The van der Waals surface area contributed by atoms with Gasteiger partial charge in [-0.2, -0.15) is 0 Å². The van der Waals surface area contributed by atoms with Crippen molar-refractivity contribution in [2.24, 2.45) is 0 Å². The second-order valence-corrected chi connectivity index (χ2v) is 5.15. The SMILES string of the molecule is COc1ccc(NC(C)C(=O)N2CCCC2)cc1Cl. The molecule has 1 heterocycles. The highest BCUT2D eigenvalue weighted by Crippen LogP contribution is 2.27. The molecule has 1 amide bonds. The lowest BCUT2D eigenvalue weighted by Gasteiger charge is -2.22. The maximum Gasteiger partial charge on any atom is 0.244 e. The fourth-order valence-corrected chi connectivity index (χ4v) is 2.54. The summed E-state index contributed by atoms with van der Waals surface area (Å²) in [6, 6.07) is 5.17. The van der Waals surface area contributed by atoms with Crippen LogP contribution in [0.1, 0.15) is 19.8 Å². The summed E-state index contributed by atoms with van der Waals surface area (Å²) in [5.41, 5.74) is 0.825. The molecule has 1 N–H and O–H groups in total. The van der Waals surface area contributed by atoms with Gasteiger partial charge in [0.1, 0.15) is 11.8 Å². The molecule has 19 heavy (non-hydrogen) atoms. The second kappa shape index (κ2) is 6.15. The molecule has 0 aromatic heterocycles. The first-order valence-electron chi connectivity index (χ1n) is 6.50. The van der Waals surface area contributed by atoms with Crippen LogP contribution in [0.25, 0.3) is 0 Å². The zero-order valence-electron chi connectivity index (χ0n) is 11.3. The van der Waals surface area contributed by atoms with Crippen LogP contribution >= 0.6 is 11.6 Å². The number of hydrogen-bond acceptors (Lipinski definition) is 3. The van der Waals surface area contributed by atoms with E-state index >= 15 is 0 Å². The highest BCUT2D eigenvalue weighted by molar-refractivity contribution is 6.32. The Morgan fingerprint density at radius 3 is 2.68 bits per heavy atom. The minimum absolute atomic E-state index is 0.143. The summed E-state index contributed by atoms with van der Waals surface area (Å²) in [5, 5.41) is 3.71. The quantitative estimate of drug-likeness (QED) is 0.923. The summed E-state index contributed by atoms with van der Waals surface area (Å²) in [7, 11) is 1.58. The highest BCUT2D eigenvalue weighted by Gasteiger charge is 2.23. The van der Waals surface area contributed by atoms with Crippen molar-refractivity contribution in [3.05, 3.63) is 23.2 Å². The lowest BCUT2D eigenvalue weighted by molar-refractivity contribution is -0.130. The van der Waals surface area contributed by atoms with Gasteiger partial charge in [0.05, 0.1) is 12.1 Å². The highest BCUT2D eigenvalue weighted by atomic mass is 35.5. The number of halogens is 1. The van der Waals surface area contributed by atoms with Crippen molar-refractivity contribution in [2.75, 3.05) is 25.5 Å². The zero-order valence-corrected chi connectivity index (χ0v) is 12.0. The van der Waals surface area contributed by atoms with Gasteiger partial charge < -0.3 is 15.0 Å². The molecule has 1 saturated heterocycles. The van der Waals surface area contributed by atoms with Crippen LogP contribution in [0.5, 0.6) is 5.75 Å². The van der Waals surface area contributed by atoms with E-state index in [0.29, 0.717) is 10.8 Å². The Morgan fingerprint density at radius 2 is 2.11 bits per heavy atom. The molecule has 2 rings (SSSR count). The van der Waals surface area contributed by atoms with E-state index < -0.39 is 0 Å². The molecule has 1 unspecified atom stereocenters. The van der Waals surface area contributed by atoms with Gasteiger partial charge in [-0.3, -0.25) is 4.79 Å². The van der Waals surface area contributed by atoms with Crippen molar-refractivity contribution in [2.45, 2.75) is 25.8 Å². The number of hydrogen-bond donors (Lipinski definition) is 1. The van der Waals surface area contributed by atoms with Crippen LogP contribution in [0.3, 0.4) is 0 Å². The fraction of sp³-hybridized carbons (Fsp3) is 0.500. The van der Waals surface area contributed by atoms with Crippen LogP contribution in [0.15, 0.2) is 18.2 Å². The number of rotatable bonds is 4. The normalized spacial score (nSPS) is 16.3. The molecule has 0 radical (unpaired) electrons. The van der Waals surface area contributed by atoms with Crippen molar-refractivity contribution in [3.8, 4) is 5.75 Å². The zero-order chi connectivity index (χ0) is 13.8. The van der Waals surface area contributed by atoms with E-state index in [4.69, 9.17) is 16.3 Å². The number of benzene rings is 1. The molecule has 1 aliphatic heterocycles. The van der Waals surface area contributed by atoms with Gasteiger partial charge in [-0.15, -0.1) is 0 Å². The van der Waals surface area contributed by atoms with E-state index in [1.165, 1.54) is 0 Å². The minimum Gasteiger partial charge on any atom is -0.495 e. The first kappa shape index (κ1) is 14.0. The molecule has 1 aliphatic rings. The molecule has 4 nitrogen and oxygen atoms in total. The second-order valence-electron chi connectivity index (χ2n) is 4.75. The Bertz CT molecular complexity index is 459. The minimum atomic E-state index is -0.248. The average molecular weight is 283 g/mol. The van der Waals surface area contributed by atoms with Gasteiger partial charge in [0.15, 0.2) is 0 Å². The Morgan fingerprint density at radius 1 is 1.42 bits per heavy atom. The van der Waals surface area contributed by atoms with Crippen LogP contribution in [0, 0.1) is 0 Å². The van der Waals surface area contributed by atoms with Gasteiger partial charge >= 0.3 is 0 Å². The third kappa shape index (κ3) is 3.32. The number of methoxy groups -OCH3 is 1. The van der Waals surface area contributed by atoms with Crippen LogP contribution in [-0.2, 0) is 4.79 Å². The van der Waals surface area contributed by atoms with Crippen molar-refractivity contribution < 1.29 is 9.53 Å². The van der Waals surface area contributed by atoms with Crippen LogP contribution in [0.4, 0.5) is 5.69 Å². The van der Waals surface area contributed by atoms with Gasteiger partial charge in [0.2, 0.25) is 5.91 Å². The molecule has 1 atom stereocenters. The Balaban J connectivity index is 1.99. The molecular formula is C14H19ClN2O2. The smallest absolute Gasteiger partial charge is 0.244 e. The van der Waals surface area contributed by atoms with E-state index in [0.717, 1.165) is 31.6 Å². The van der Waals surface area contributed by atoms with E-state index in [-0.39, 0.29) is 11.9 Å². The van der Waals surface area contributed by atoms with Crippen molar-refractivity contribution in [3.63, 3.8) is 0 Å². The van der Waals surface area contributed by atoms with Crippen molar-refractivity contribution in [1.82, 2.24) is 4.90 Å². The summed E-state index contributed by atoms with van der Waals surface area (Å²) in [5.74, 6) is 0.773. The van der Waals surface area contributed by atoms with Gasteiger partial charge in [-0.1, -0.05) is 11.6 Å². The molecule has 1 aromatic rings. The summed E-state index contributed by atoms with van der Waals surface area (Å²) in [6.07, 6.45) is 2.21. The molecule has 0 bridgehead atoms. The van der Waals surface area contributed by atoms with Gasteiger partial charge in [-0.25, -0.2) is 0 Å². The number of nitrogens with one attached hydrogen (secondary N) is 1. The van der Waals surface area contributed by atoms with E-state index in [1.54, 1.807) is 19.2 Å². The van der Waals surface area contributed by atoms with Gasteiger partial charge in [-0.05, 0) is 38.0 Å². The van der Waals surface area contributed by atoms with Gasteiger partial charge in [0, 0.05) is 18.8 Å². The topological polar surface area (TPSA) is 41.6 Å². The maximum absolute atomic E-state index is 12.2. The average Bonchev–Trinajstić information content (AvgIpc) is 2.92. The molecule has 5 heteroatoms. The first-order valence-corrected chi connectivity index (χ1v) is 6.88.